The zero-order valence-corrected chi connectivity index (χ0v) is 12.3. The summed E-state index contributed by atoms with van der Waals surface area (Å²) in [5.74, 6) is -0.120. The average molecular weight is 305 g/mol. The molecule has 0 saturated carbocycles. The number of aromatic amines is 1. The molecule has 0 fully saturated rings. The first-order valence-corrected chi connectivity index (χ1v) is 7.34. The molecule has 0 unspecified atom stereocenters. The number of halogens is 1. The summed E-state index contributed by atoms with van der Waals surface area (Å²) in [5.41, 5.74) is -0.318. The predicted molar refractivity (Wildman–Crippen MR) is 77.9 cm³/mol. The summed E-state index contributed by atoms with van der Waals surface area (Å²) in [5, 5.41) is 9.51. The second-order valence-electron chi connectivity index (χ2n) is 3.98. The predicted octanol–water partition coefficient (Wildman–Crippen LogP) is 2.57. The third-order valence-corrected chi connectivity index (χ3v) is 3.28. The van der Waals surface area contributed by atoms with E-state index >= 15 is 0 Å². The van der Waals surface area contributed by atoms with Gasteiger partial charge in [0.05, 0.1) is 6.61 Å². The number of hydrogen-bond donors (Lipinski definition) is 1. The number of benzene rings is 1. The van der Waals surface area contributed by atoms with E-state index in [0.29, 0.717) is 17.5 Å². The maximum Gasteiger partial charge on any atom is 0.270 e. The SMILES string of the molecule is CCOc1ccc(F)cc1-c1nc(SC)[nH]c(=O)c1C#N. The molecule has 0 saturated heterocycles. The van der Waals surface area contributed by atoms with Gasteiger partial charge in [-0.3, -0.25) is 4.79 Å². The van der Waals surface area contributed by atoms with Crippen LogP contribution in [-0.4, -0.2) is 22.8 Å². The number of rotatable bonds is 4. The Morgan fingerprint density at radius 2 is 2.29 bits per heavy atom. The van der Waals surface area contributed by atoms with Gasteiger partial charge in [0.25, 0.3) is 5.56 Å². The quantitative estimate of drug-likeness (QED) is 0.694. The number of nitrogens with one attached hydrogen (secondary N) is 1. The average Bonchev–Trinajstić information content (AvgIpc) is 2.48. The van der Waals surface area contributed by atoms with Gasteiger partial charge >= 0.3 is 0 Å². The van der Waals surface area contributed by atoms with Crippen molar-refractivity contribution in [2.24, 2.45) is 0 Å². The van der Waals surface area contributed by atoms with E-state index < -0.39 is 11.4 Å². The molecule has 2 aromatic rings. The maximum absolute atomic E-state index is 13.5. The molecule has 5 nitrogen and oxygen atoms in total. The topological polar surface area (TPSA) is 78.8 Å². The normalized spacial score (nSPS) is 10.2. The molecule has 7 heteroatoms. The monoisotopic (exact) mass is 305 g/mol. The van der Waals surface area contributed by atoms with E-state index in [0.717, 1.165) is 0 Å². The third kappa shape index (κ3) is 3.06. The Kier molecular flexibility index (Phi) is 4.60. The van der Waals surface area contributed by atoms with Gasteiger partial charge in [0.15, 0.2) is 5.16 Å². The van der Waals surface area contributed by atoms with Gasteiger partial charge < -0.3 is 9.72 Å². The molecule has 21 heavy (non-hydrogen) atoms. The summed E-state index contributed by atoms with van der Waals surface area (Å²) in [6.07, 6.45) is 1.74. The summed E-state index contributed by atoms with van der Waals surface area (Å²) < 4.78 is 19.0. The fourth-order valence-electron chi connectivity index (χ4n) is 1.82. The molecule has 2 rings (SSSR count). The second kappa shape index (κ2) is 6.41. The molecule has 1 heterocycles. The van der Waals surface area contributed by atoms with Crippen molar-refractivity contribution in [3.8, 4) is 23.1 Å². The van der Waals surface area contributed by atoms with Gasteiger partial charge in [-0.05, 0) is 31.4 Å². The molecular formula is C14H12FN3O2S. The van der Waals surface area contributed by atoms with E-state index in [9.17, 15) is 9.18 Å². The van der Waals surface area contributed by atoms with Gasteiger partial charge in [-0.1, -0.05) is 11.8 Å². The lowest BCUT2D eigenvalue weighted by Crippen LogP contribution is -2.15. The van der Waals surface area contributed by atoms with Gasteiger partial charge in [-0.15, -0.1) is 0 Å². The van der Waals surface area contributed by atoms with Gasteiger partial charge in [-0.25, -0.2) is 9.37 Å². The van der Waals surface area contributed by atoms with E-state index in [1.54, 1.807) is 13.2 Å². The minimum atomic E-state index is -0.557. The number of thioether (sulfide) groups is 1. The second-order valence-corrected chi connectivity index (χ2v) is 4.78. The highest BCUT2D eigenvalue weighted by atomic mass is 32.2. The highest BCUT2D eigenvalue weighted by molar-refractivity contribution is 7.98. The van der Waals surface area contributed by atoms with Crippen molar-refractivity contribution in [1.29, 1.82) is 5.26 Å². The molecule has 0 amide bonds. The van der Waals surface area contributed by atoms with E-state index in [1.165, 1.54) is 30.0 Å². The van der Waals surface area contributed by atoms with Crippen LogP contribution in [-0.2, 0) is 0 Å². The van der Waals surface area contributed by atoms with Gasteiger partial charge in [0, 0.05) is 5.56 Å². The molecule has 0 spiro atoms. The molecule has 0 aliphatic heterocycles. The van der Waals surface area contributed by atoms with Crippen molar-refractivity contribution < 1.29 is 9.13 Å². The fraction of sp³-hybridized carbons (Fsp3) is 0.214. The van der Waals surface area contributed by atoms with Crippen molar-refractivity contribution in [3.63, 3.8) is 0 Å². The van der Waals surface area contributed by atoms with Gasteiger partial charge in [0.1, 0.15) is 28.9 Å². The number of ether oxygens (including phenoxy) is 1. The van der Waals surface area contributed by atoms with Crippen LogP contribution in [0.3, 0.4) is 0 Å². The van der Waals surface area contributed by atoms with Crippen molar-refractivity contribution in [3.05, 3.63) is 39.9 Å². The van der Waals surface area contributed by atoms with Crippen LogP contribution in [0.5, 0.6) is 5.75 Å². The van der Waals surface area contributed by atoms with Crippen molar-refractivity contribution >= 4 is 11.8 Å². The highest BCUT2D eigenvalue weighted by Gasteiger charge is 2.17. The standard InChI is InChI=1S/C14H12FN3O2S/c1-3-20-11-5-4-8(15)6-9(11)12-10(7-16)13(19)18-14(17-12)21-2/h4-6H,3H2,1-2H3,(H,17,18,19). The lowest BCUT2D eigenvalue weighted by molar-refractivity contribution is 0.341. The molecule has 1 aromatic heterocycles. The van der Waals surface area contributed by atoms with Crippen LogP contribution in [0.4, 0.5) is 4.39 Å². The molecule has 0 radical (unpaired) electrons. The van der Waals surface area contributed by atoms with Crippen LogP contribution in [0.25, 0.3) is 11.3 Å². The summed E-state index contributed by atoms with van der Waals surface area (Å²) in [6, 6.07) is 5.72. The first-order valence-electron chi connectivity index (χ1n) is 6.11. The van der Waals surface area contributed by atoms with Crippen molar-refractivity contribution in [1.82, 2.24) is 9.97 Å². The van der Waals surface area contributed by atoms with Crippen LogP contribution >= 0.6 is 11.8 Å². The molecule has 0 aliphatic rings. The Labute approximate surface area is 124 Å². The third-order valence-electron chi connectivity index (χ3n) is 2.70. The summed E-state index contributed by atoms with van der Waals surface area (Å²) >= 11 is 1.22. The van der Waals surface area contributed by atoms with E-state index in [4.69, 9.17) is 10.00 Å². The molecule has 108 valence electrons. The smallest absolute Gasteiger partial charge is 0.270 e. The van der Waals surface area contributed by atoms with Gasteiger partial charge in [-0.2, -0.15) is 5.26 Å². The molecular weight excluding hydrogens is 293 g/mol. The molecule has 0 aliphatic carbocycles. The van der Waals surface area contributed by atoms with E-state index in [2.05, 4.69) is 9.97 Å². The first kappa shape index (κ1) is 15.1. The lowest BCUT2D eigenvalue weighted by atomic mass is 10.1. The molecule has 0 atom stereocenters. The number of nitrogens with zero attached hydrogens (tertiary/aromatic N) is 2. The van der Waals surface area contributed by atoms with Crippen LogP contribution in [0, 0.1) is 17.1 Å². The Balaban J connectivity index is 2.77. The number of H-pyrrole nitrogens is 1. The Morgan fingerprint density at radius 1 is 1.52 bits per heavy atom. The minimum absolute atomic E-state index is 0.119. The molecule has 1 N–H and O–H groups in total. The molecule has 1 aromatic carbocycles. The summed E-state index contributed by atoms with van der Waals surface area (Å²) in [6.45, 7) is 2.16. The van der Waals surface area contributed by atoms with Crippen LogP contribution in [0.15, 0.2) is 28.2 Å². The Bertz CT molecular complexity index is 768. The van der Waals surface area contributed by atoms with E-state index in [-0.39, 0.29) is 16.8 Å². The zero-order valence-electron chi connectivity index (χ0n) is 11.4. The first-order chi connectivity index (χ1) is 10.1. The van der Waals surface area contributed by atoms with E-state index in [1.807, 2.05) is 6.07 Å². The van der Waals surface area contributed by atoms with Crippen molar-refractivity contribution in [2.75, 3.05) is 12.9 Å². The number of hydrogen-bond acceptors (Lipinski definition) is 5. The largest absolute Gasteiger partial charge is 0.493 e. The summed E-state index contributed by atoms with van der Waals surface area (Å²) in [4.78, 5) is 18.6. The van der Waals surface area contributed by atoms with Gasteiger partial charge in [0.2, 0.25) is 0 Å². The lowest BCUT2D eigenvalue weighted by Gasteiger charge is -2.11. The van der Waals surface area contributed by atoms with Crippen molar-refractivity contribution in [2.45, 2.75) is 12.1 Å². The maximum atomic E-state index is 13.5. The van der Waals surface area contributed by atoms with Crippen LogP contribution < -0.4 is 10.3 Å². The number of nitriles is 1. The minimum Gasteiger partial charge on any atom is -0.493 e. The van der Waals surface area contributed by atoms with Crippen LogP contribution in [0.2, 0.25) is 0 Å². The van der Waals surface area contributed by atoms with Crippen LogP contribution in [0.1, 0.15) is 12.5 Å². The fourth-order valence-corrected chi connectivity index (χ4v) is 2.19. The number of aromatic nitrogens is 2. The Morgan fingerprint density at radius 3 is 2.90 bits per heavy atom. The Hall–Kier alpha value is -2.33. The summed E-state index contributed by atoms with van der Waals surface area (Å²) in [7, 11) is 0. The molecule has 0 bridgehead atoms. The zero-order chi connectivity index (χ0) is 15.4. The highest BCUT2D eigenvalue weighted by Crippen LogP contribution is 2.31.